The molecule has 0 fully saturated rings. The minimum Gasteiger partial charge on any atom is -0.480 e. The molecule has 0 bridgehead atoms. The van der Waals surface area contributed by atoms with E-state index in [1.165, 1.54) is 30.4 Å². The molecule has 3 rings (SSSR count). The first-order chi connectivity index (χ1) is 9.88. The Bertz CT molecular complexity index is 778. The number of carbonyl (C=O) groups is 3. The molecule has 106 valence electrons. The molecule has 0 saturated heterocycles. The summed E-state index contributed by atoms with van der Waals surface area (Å²) in [6, 6.07) is 4.50. The number of Topliss-reactive ketones (excluding diaryl/α,β-unsaturated/α-hetero) is 2. The molecule has 0 heterocycles. The molecule has 0 aromatic heterocycles. The van der Waals surface area contributed by atoms with Crippen LogP contribution in [0.5, 0.6) is 0 Å². The number of nitrogens with two attached hydrogens (primary N) is 1. The average molecular weight is 304 g/mol. The number of rotatable bonds is 1. The van der Waals surface area contributed by atoms with E-state index in [4.69, 9.17) is 17.3 Å². The monoisotopic (exact) mass is 303 g/mol. The van der Waals surface area contributed by atoms with E-state index in [0.717, 1.165) is 0 Å². The lowest BCUT2D eigenvalue weighted by Gasteiger charge is -2.33. The molecule has 2 aliphatic carbocycles. The number of carboxylic acids is 1. The number of hydrogen-bond acceptors (Lipinski definition) is 4. The SMILES string of the molecule is NC1(C(=O)O)CC=CC2=C1C(=O)c1cccc(Cl)c1C2=O. The van der Waals surface area contributed by atoms with Gasteiger partial charge in [-0.25, -0.2) is 4.79 Å². The zero-order valence-electron chi connectivity index (χ0n) is 10.7. The molecule has 1 aromatic rings. The fraction of sp³-hybridized carbons (Fsp3) is 0.133. The van der Waals surface area contributed by atoms with Crippen LogP contribution in [0, 0.1) is 0 Å². The molecule has 21 heavy (non-hydrogen) atoms. The van der Waals surface area contributed by atoms with Crippen LogP contribution in [0.3, 0.4) is 0 Å². The lowest BCUT2D eigenvalue weighted by atomic mass is 9.71. The van der Waals surface area contributed by atoms with Crippen LogP contribution in [-0.2, 0) is 4.79 Å². The minimum absolute atomic E-state index is 0.0109. The number of carbonyl (C=O) groups excluding carboxylic acids is 2. The highest BCUT2D eigenvalue weighted by atomic mass is 35.5. The van der Waals surface area contributed by atoms with Crippen LogP contribution in [0.15, 0.2) is 41.5 Å². The van der Waals surface area contributed by atoms with E-state index in [0.29, 0.717) is 0 Å². The first-order valence-electron chi connectivity index (χ1n) is 6.19. The Morgan fingerprint density at radius 2 is 2.00 bits per heavy atom. The Labute approximate surface area is 124 Å². The van der Waals surface area contributed by atoms with Crippen molar-refractivity contribution in [2.45, 2.75) is 12.0 Å². The van der Waals surface area contributed by atoms with Gasteiger partial charge in [0.05, 0.1) is 10.6 Å². The van der Waals surface area contributed by atoms with Crippen LogP contribution >= 0.6 is 11.6 Å². The van der Waals surface area contributed by atoms with Gasteiger partial charge in [-0.2, -0.15) is 0 Å². The highest BCUT2D eigenvalue weighted by molar-refractivity contribution is 6.39. The van der Waals surface area contributed by atoms with Gasteiger partial charge in [0.1, 0.15) is 5.54 Å². The van der Waals surface area contributed by atoms with Crippen LogP contribution < -0.4 is 5.73 Å². The van der Waals surface area contributed by atoms with Crippen molar-refractivity contribution in [2.75, 3.05) is 0 Å². The normalized spacial score (nSPS) is 23.9. The van der Waals surface area contributed by atoms with E-state index in [1.54, 1.807) is 0 Å². The zero-order chi connectivity index (χ0) is 15.4. The molecule has 6 heteroatoms. The van der Waals surface area contributed by atoms with Crippen molar-refractivity contribution < 1.29 is 19.5 Å². The summed E-state index contributed by atoms with van der Waals surface area (Å²) < 4.78 is 0. The van der Waals surface area contributed by atoms with Crippen molar-refractivity contribution >= 4 is 29.1 Å². The van der Waals surface area contributed by atoms with E-state index >= 15 is 0 Å². The van der Waals surface area contributed by atoms with Crippen molar-refractivity contribution in [2.24, 2.45) is 5.73 Å². The van der Waals surface area contributed by atoms with Gasteiger partial charge in [0.25, 0.3) is 0 Å². The van der Waals surface area contributed by atoms with E-state index in [9.17, 15) is 19.5 Å². The highest BCUT2D eigenvalue weighted by Crippen LogP contribution is 2.38. The van der Waals surface area contributed by atoms with Crippen molar-refractivity contribution in [3.05, 3.63) is 57.6 Å². The van der Waals surface area contributed by atoms with Crippen molar-refractivity contribution in [3.8, 4) is 0 Å². The molecule has 0 aliphatic heterocycles. The number of carboxylic acid groups (broad SMARTS) is 1. The van der Waals surface area contributed by atoms with Crippen LogP contribution in [0.25, 0.3) is 0 Å². The molecule has 5 nitrogen and oxygen atoms in total. The molecule has 0 saturated carbocycles. The van der Waals surface area contributed by atoms with Crippen LogP contribution in [0.1, 0.15) is 27.1 Å². The fourth-order valence-corrected chi connectivity index (χ4v) is 2.97. The Balaban J connectivity index is 2.33. The highest BCUT2D eigenvalue weighted by Gasteiger charge is 2.48. The summed E-state index contributed by atoms with van der Waals surface area (Å²) in [6.07, 6.45) is 2.88. The van der Waals surface area contributed by atoms with Crippen molar-refractivity contribution in [1.82, 2.24) is 0 Å². The number of hydrogen-bond donors (Lipinski definition) is 2. The predicted octanol–water partition coefficient (Wildman–Crippen LogP) is 1.76. The van der Waals surface area contributed by atoms with Gasteiger partial charge in [-0.15, -0.1) is 0 Å². The predicted molar refractivity (Wildman–Crippen MR) is 75.5 cm³/mol. The zero-order valence-corrected chi connectivity index (χ0v) is 11.5. The Kier molecular flexibility index (Phi) is 2.86. The number of ketones is 2. The summed E-state index contributed by atoms with van der Waals surface area (Å²) in [4.78, 5) is 36.6. The van der Waals surface area contributed by atoms with Crippen molar-refractivity contribution in [1.29, 1.82) is 0 Å². The van der Waals surface area contributed by atoms with Crippen LogP contribution in [0.2, 0.25) is 5.02 Å². The number of allylic oxidation sites excluding steroid dienone is 2. The van der Waals surface area contributed by atoms with E-state index in [1.807, 2.05) is 0 Å². The second kappa shape index (κ2) is 4.38. The summed E-state index contributed by atoms with van der Waals surface area (Å²) in [5.74, 6) is -2.38. The van der Waals surface area contributed by atoms with Crippen LogP contribution in [-0.4, -0.2) is 28.2 Å². The third-order valence-electron chi connectivity index (χ3n) is 3.78. The molecular formula is C15H10ClNO4. The molecule has 0 spiro atoms. The molecule has 0 amide bonds. The first kappa shape index (κ1) is 13.7. The maximum absolute atomic E-state index is 12.6. The van der Waals surface area contributed by atoms with Gasteiger partial charge in [-0.3, -0.25) is 9.59 Å². The molecule has 3 N–H and O–H groups in total. The van der Waals surface area contributed by atoms with Gasteiger partial charge in [-0.1, -0.05) is 35.9 Å². The third-order valence-corrected chi connectivity index (χ3v) is 4.09. The van der Waals surface area contributed by atoms with Gasteiger partial charge in [0.2, 0.25) is 0 Å². The largest absolute Gasteiger partial charge is 0.480 e. The van der Waals surface area contributed by atoms with Gasteiger partial charge >= 0.3 is 5.97 Å². The summed E-state index contributed by atoms with van der Waals surface area (Å²) in [5, 5.41) is 9.52. The summed E-state index contributed by atoms with van der Waals surface area (Å²) in [6.45, 7) is 0. The second-order valence-corrected chi connectivity index (χ2v) is 5.40. The average Bonchev–Trinajstić information content (AvgIpc) is 2.44. The molecule has 1 unspecified atom stereocenters. The maximum atomic E-state index is 12.6. The molecule has 1 aromatic carbocycles. The number of aliphatic carboxylic acids is 1. The van der Waals surface area contributed by atoms with E-state index in [2.05, 4.69) is 0 Å². The minimum atomic E-state index is -1.89. The summed E-state index contributed by atoms with van der Waals surface area (Å²) in [5.41, 5.74) is 4.03. The third kappa shape index (κ3) is 1.71. The molecule has 1 atom stereocenters. The van der Waals surface area contributed by atoms with Crippen LogP contribution in [0.4, 0.5) is 0 Å². The van der Waals surface area contributed by atoms with E-state index in [-0.39, 0.29) is 33.7 Å². The van der Waals surface area contributed by atoms with Gasteiger partial charge in [0.15, 0.2) is 11.6 Å². The summed E-state index contributed by atoms with van der Waals surface area (Å²) >= 11 is 6.00. The quantitative estimate of drug-likeness (QED) is 0.824. The fourth-order valence-electron chi connectivity index (χ4n) is 2.71. The number of halogens is 1. The molecule has 0 radical (unpaired) electrons. The number of benzene rings is 1. The standard InChI is InChI=1S/C15H10ClNO4/c16-9-5-1-3-7-10(9)12(18)8-4-2-6-15(17,14(20)21)11(8)13(7)19/h1-5H,6,17H2,(H,20,21). The van der Waals surface area contributed by atoms with Gasteiger partial charge < -0.3 is 10.8 Å². The second-order valence-electron chi connectivity index (χ2n) is 4.99. The lowest BCUT2D eigenvalue weighted by Crippen LogP contribution is -2.54. The molecule has 2 aliphatic rings. The first-order valence-corrected chi connectivity index (χ1v) is 6.57. The Hall–Kier alpha value is -2.24. The van der Waals surface area contributed by atoms with Gasteiger partial charge in [0, 0.05) is 16.7 Å². The Morgan fingerprint density at radius 3 is 2.67 bits per heavy atom. The summed E-state index contributed by atoms with van der Waals surface area (Å²) in [7, 11) is 0. The van der Waals surface area contributed by atoms with Crippen molar-refractivity contribution in [3.63, 3.8) is 0 Å². The van der Waals surface area contributed by atoms with E-state index < -0.39 is 23.1 Å². The Morgan fingerprint density at radius 1 is 1.29 bits per heavy atom. The maximum Gasteiger partial charge on any atom is 0.328 e. The smallest absolute Gasteiger partial charge is 0.328 e. The number of fused-ring (bicyclic) bond motifs is 1. The van der Waals surface area contributed by atoms with Gasteiger partial charge in [-0.05, 0) is 12.5 Å². The topological polar surface area (TPSA) is 97.5 Å². The molecular weight excluding hydrogens is 294 g/mol. The lowest BCUT2D eigenvalue weighted by molar-refractivity contribution is -0.141.